The summed E-state index contributed by atoms with van der Waals surface area (Å²) in [5.74, 6) is 1.66. The summed E-state index contributed by atoms with van der Waals surface area (Å²) in [6, 6.07) is 1.75. The van der Waals surface area contributed by atoms with Crippen molar-refractivity contribution in [3.8, 4) is 0 Å². The Morgan fingerprint density at radius 1 is 1.12 bits per heavy atom. The summed E-state index contributed by atoms with van der Waals surface area (Å²) in [5.41, 5.74) is 1.36. The van der Waals surface area contributed by atoms with E-state index >= 15 is 0 Å². The van der Waals surface area contributed by atoms with Gasteiger partial charge in [-0.05, 0) is 13.0 Å². The molecule has 0 N–H and O–H groups in total. The third kappa shape index (κ3) is 2.29. The number of piperazine rings is 1. The van der Waals surface area contributed by atoms with Gasteiger partial charge in [-0.3, -0.25) is 13.9 Å². The van der Waals surface area contributed by atoms with Crippen molar-refractivity contribution in [2.75, 3.05) is 31.1 Å². The fourth-order valence-electron chi connectivity index (χ4n) is 3.02. The Kier molecular flexibility index (Phi) is 3.40. The molecule has 0 saturated carbocycles. The van der Waals surface area contributed by atoms with Gasteiger partial charge in [0.1, 0.15) is 11.5 Å². The number of fused-ring (bicyclic) bond motifs is 1. The normalized spacial score (nSPS) is 15.2. The van der Waals surface area contributed by atoms with Gasteiger partial charge in [-0.25, -0.2) is 4.98 Å². The van der Waals surface area contributed by atoms with Crippen LogP contribution in [0.1, 0.15) is 16.3 Å². The molecule has 0 bridgehead atoms. The van der Waals surface area contributed by atoms with Gasteiger partial charge in [-0.15, -0.1) is 10.2 Å². The number of anilines is 1. The first-order valence-corrected chi connectivity index (χ1v) is 7.84. The number of amides is 1. The second kappa shape index (κ2) is 5.59. The molecule has 0 aliphatic carbocycles. The molecule has 24 heavy (non-hydrogen) atoms. The van der Waals surface area contributed by atoms with Crippen LogP contribution >= 0.6 is 0 Å². The molecule has 4 heterocycles. The van der Waals surface area contributed by atoms with Crippen molar-refractivity contribution in [1.82, 2.24) is 34.3 Å². The number of hydrogen-bond donors (Lipinski definition) is 0. The molecule has 1 aliphatic heterocycles. The van der Waals surface area contributed by atoms with Crippen LogP contribution in [0, 0.1) is 6.92 Å². The second-order valence-corrected chi connectivity index (χ2v) is 5.81. The Morgan fingerprint density at radius 2 is 1.92 bits per heavy atom. The van der Waals surface area contributed by atoms with Crippen molar-refractivity contribution in [1.29, 1.82) is 0 Å². The van der Waals surface area contributed by atoms with Gasteiger partial charge in [-0.2, -0.15) is 5.10 Å². The minimum absolute atomic E-state index is 0.0131. The predicted molar refractivity (Wildman–Crippen MR) is 86.8 cm³/mol. The van der Waals surface area contributed by atoms with Crippen LogP contribution in [0.2, 0.25) is 0 Å². The number of carbonyl (C=O) groups excluding carboxylic acids is 1. The summed E-state index contributed by atoms with van der Waals surface area (Å²) in [7, 11) is 1.78. The maximum atomic E-state index is 12.5. The van der Waals surface area contributed by atoms with E-state index in [1.165, 1.54) is 0 Å². The average Bonchev–Trinajstić information content (AvgIpc) is 3.20. The van der Waals surface area contributed by atoms with Crippen molar-refractivity contribution < 1.29 is 4.79 Å². The zero-order chi connectivity index (χ0) is 16.7. The van der Waals surface area contributed by atoms with Gasteiger partial charge in [0.15, 0.2) is 5.82 Å². The lowest BCUT2D eigenvalue weighted by Gasteiger charge is -2.35. The van der Waals surface area contributed by atoms with Gasteiger partial charge in [0, 0.05) is 51.8 Å². The van der Waals surface area contributed by atoms with E-state index in [-0.39, 0.29) is 5.91 Å². The molecule has 9 nitrogen and oxygen atoms in total. The van der Waals surface area contributed by atoms with Crippen molar-refractivity contribution in [2.45, 2.75) is 6.92 Å². The standard InChI is InChI=1S/C15H18N8O/c1-11-18-19-14-13(16-5-6-23(11)14)21-7-9-22(10-8-21)15(24)12-3-4-17-20(12)2/h3-6H,7-10H2,1-2H3. The topological polar surface area (TPSA) is 84.5 Å². The number of carbonyl (C=O) groups is 1. The number of aryl methyl sites for hydroxylation is 2. The third-order valence-corrected chi connectivity index (χ3v) is 4.39. The van der Waals surface area contributed by atoms with E-state index < -0.39 is 0 Å². The number of hydrogen-bond acceptors (Lipinski definition) is 6. The SMILES string of the molecule is Cc1nnc2c(N3CCN(C(=O)c4ccnn4C)CC3)nccn12. The lowest BCUT2D eigenvalue weighted by molar-refractivity contribution is 0.0735. The molecule has 0 spiro atoms. The molecule has 9 heteroatoms. The fourth-order valence-corrected chi connectivity index (χ4v) is 3.02. The highest BCUT2D eigenvalue weighted by Crippen LogP contribution is 2.19. The van der Waals surface area contributed by atoms with Gasteiger partial charge in [0.2, 0.25) is 5.65 Å². The van der Waals surface area contributed by atoms with Crippen molar-refractivity contribution in [3.63, 3.8) is 0 Å². The van der Waals surface area contributed by atoms with Crippen LogP contribution in [0.3, 0.4) is 0 Å². The molecule has 4 rings (SSSR count). The van der Waals surface area contributed by atoms with E-state index in [0.717, 1.165) is 17.3 Å². The highest BCUT2D eigenvalue weighted by molar-refractivity contribution is 5.92. The second-order valence-electron chi connectivity index (χ2n) is 5.81. The van der Waals surface area contributed by atoms with Crippen molar-refractivity contribution >= 4 is 17.4 Å². The summed E-state index contributed by atoms with van der Waals surface area (Å²) in [6.07, 6.45) is 5.25. The van der Waals surface area contributed by atoms with E-state index in [0.29, 0.717) is 31.9 Å². The molecular weight excluding hydrogens is 308 g/mol. The fraction of sp³-hybridized carbons (Fsp3) is 0.400. The van der Waals surface area contributed by atoms with Crippen LogP contribution in [0.25, 0.3) is 5.65 Å². The molecule has 0 radical (unpaired) electrons. The summed E-state index contributed by atoms with van der Waals surface area (Å²) in [5, 5.41) is 12.4. The van der Waals surface area contributed by atoms with E-state index in [4.69, 9.17) is 0 Å². The summed E-state index contributed by atoms with van der Waals surface area (Å²) < 4.78 is 3.53. The number of rotatable bonds is 2. The van der Waals surface area contributed by atoms with E-state index in [2.05, 4.69) is 25.2 Å². The Labute approximate surface area is 138 Å². The maximum Gasteiger partial charge on any atom is 0.272 e. The third-order valence-electron chi connectivity index (χ3n) is 4.39. The molecular formula is C15H18N8O. The summed E-state index contributed by atoms with van der Waals surface area (Å²) >= 11 is 0. The molecule has 1 amide bonds. The van der Waals surface area contributed by atoms with Crippen LogP contribution in [-0.4, -0.2) is 66.3 Å². The first-order valence-electron chi connectivity index (χ1n) is 7.84. The van der Waals surface area contributed by atoms with E-state index in [9.17, 15) is 4.79 Å². The lowest BCUT2D eigenvalue weighted by Crippen LogP contribution is -2.49. The van der Waals surface area contributed by atoms with Crippen LogP contribution in [0.15, 0.2) is 24.7 Å². The lowest BCUT2D eigenvalue weighted by atomic mass is 10.2. The molecule has 3 aromatic rings. The van der Waals surface area contributed by atoms with Gasteiger partial charge < -0.3 is 9.80 Å². The predicted octanol–water partition coefficient (Wildman–Crippen LogP) is 0.129. The van der Waals surface area contributed by atoms with Gasteiger partial charge in [0.25, 0.3) is 5.91 Å². The number of nitrogens with zero attached hydrogens (tertiary/aromatic N) is 8. The van der Waals surface area contributed by atoms with E-state index in [1.807, 2.05) is 22.4 Å². The highest BCUT2D eigenvalue weighted by Gasteiger charge is 2.25. The average molecular weight is 326 g/mol. The highest BCUT2D eigenvalue weighted by atomic mass is 16.2. The monoisotopic (exact) mass is 326 g/mol. The van der Waals surface area contributed by atoms with Crippen LogP contribution < -0.4 is 4.90 Å². The van der Waals surface area contributed by atoms with Crippen molar-refractivity contribution in [3.05, 3.63) is 36.2 Å². The smallest absolute Gasteiger partial charge is 0.272 e. The van der Waals surface area contributed by atoms with Gasteiger partial charge >= 0.3 is 0 Å². The molecule has 124 valence electrons. The largest absolute Gasteiger partial charge is 0.350 e. The molecule has 0 atom stereocenters. The first kappa shape index (κ1) is 14.6. The van der Waals surface area contributed by atoms with Crippen LogP contribution in [0.4, 0.5) is 5.82 Å². The molecule has 1 fully saturated rings. The quantitative estimate of drug-likeness (QED) is 0.665. The Balaban J connectivity index is 1.52. The molecule has 3 aromatic heterocycles. The minimum Gasteiger partial charge on any atom is -0.350 e. The summed E-state index contributed by atoms with van der Waals surface area (Å²) in [4.78, 5) is 21.0. The Morgan fingerprint density at radius 3 is 2.62 bits per heavy atom. The first-order chi connectivity index (χ1) is 11.6. The minimum atomic E-state index is 0.0131. The zero-order valence-corrected chi connectivity index (χ0v) is 13.6. The van der Waals surface area contributed by atoms with Gasteiger partial charge in [-0.1, -0.05) is 0 Å². The van der Waals surface area contributed by atoms with Crippen LogP contribution in [-0.2, 0) is 7.05 Å². The van der Waals surface area contributed by atoms with Gasteiger partial charge in [0.05, 0.1) is 0 Å². The molecule has 0 aromatic carbocycles. The molecule has 1 saturated heterocycles. The Hall–Kier alpha value is -2.97. The summed E-state index contributed by atoms with van der Waals surface area (Å²) in [6.45, 7) is 4.61. The van der Waals surface area contributed by atoms with Crippen LogP contribution in [0.5, 0.6) is 0 Å². The Bertz CT molecular complexity index is 890. The number of aromatic nitrogens is 6. The zero-order valence-electron chi connectivity index (χ0n) is 13.6. The van der Waals surface area contributed by atoms with E-state index in [1.54, 1.807) is 30.2 Å². The van der Waals surface area contributed by atoms with Crippen molar-refractivity contribution in [2.24, 2.45) is 7.05 Å². The molecule has 0 unspecified atom stereocenters. The molecule has 1 aliphatic rings. The maximum absolute atomic E-state index is 12.5.